The zero-order valence-electron chi connectivity index (χ0n) is 21.8. The van der Waals surface area contributed by atoms with Crippen molar-refractivity contribution < 1.29 is 14.3 Å². The monoisotopic (exact) mass is 522 g/mol. The van der Waals surface area contributed by atoms with E-state index in [1.54, 1.807) is 18.1 Å². The van der Waals surface area contributed by atoms with E-state index in [2.05, 4.69) is 31.8 Å². The summed E-state index contributed by atoms with van der Waals surface area (Å²) < 4.78 is 12.0. The summed E-state index contributed by atoms with van der Waals surface area (Å²) >= 11 is 7.10. The zero-order valence-corrected chi connectivity index (χ0v) is 22.5. The van der Waals surface area contributed by atoms with Gasteiger partial charge in [0, 0.05) is 37.6 Å². The average Bonchev–Trinajstić information content (AvgIpc) is 3.26. The van der Waals surface area contributed by atoms with Gasteiger partial charge in [-0.3, -0.25) is 15.1 Å². The maximum absolute atomic E-state index is 12.8. The summed E-state index contributed by atoms with van der Waals surface area (Å²) in [6.07, 6.45) is 1.47. The highest BCUT2D eigenvalue weighted by Crippen LogP contribution is 2.47. The van der Waals surface area contributed by atoms with Crippen molar-refractivity contribution in [2.75, 3.05) is 33.3 Å². The molecule has 2 aliphatic heterocycles. The Bertz CT molecular complexity index is 1420. The second-order valence-corrected chi connectivity index (χ2v) is 10.7. The van der Waals surface area contributed by atoms with Crippen molar-refractivity contribution in [1.82, 2.24) is 20.0 Å². The molecule has 194 valence electrons. The molecule has 1 saturated heterocycles. The standard InChI is InChI=1S/C27H31ClN6O3/c1-15-7-8-19-18(12-31-32-19)21(15)17-11-20(29-5)22-24(23(17)28)36-14-16-13-33(26(35)37-27(2,3)4)9-10-34(16)25(22)30-6/h7-8,11-12,16H,5,9-10,13-14H2,1-4,6H3,(H,31,32)/b30-25+/t16-/m1/s1. The Labute approximate surface area is 221 Å². The minimum Gasteiger partial charge on any atom is -0.489 e. The maximum Gasteiger partial charge on any atom is 0.410 e. The number of carbonyl (C=O) groups excluding carboxylic acids is 1. The van der Waals surface area contributed by atoms with Crippen LogP contribution in [0, 0.1) is 6.92 Å². The van der Waals surface area contributed by atoms with Crippen LogP contribution in [0.15, 0.2) is 34.4 Å². The van der Waals surface area contributed by atoms with Crippen LogP contribution in [0.1, 0.15) is 31.9 Å². The molecule has 0 spiro atoms. The van der Waals surface area contributed by atoms with Gasteiger partial charge in [-0.25, -0.2) is 4.79 Å². The molecule has 3 aromatic rings. The fourth-order valence-corrected chi connectivity index (χ4v) is 5.39. The Kier molecular flexibility index (Phi) is 6.35. The molecule has 3 heterocycles. The molecule has 37 heavy (non-hydrogen) atoms. The topological polar surface area (TPSA) is 95.4 Å². The lowest BCUT2D eigenvalue weighted by atomic mass is 9.94. The molecule has 1 aromatic heterocycles. The van der Waals surface area contributed by atoms with Crippen molar-refractivity contribution in [2.24, 2.45) is 9.98 Å². The van der Waals surface area contributed by atoms with Gasteiger partial charge in [-0.15, -0.1) is 0 Å². The summed E-state index contributed by atoms with van der Waals surface area (Å²) in [4.78, 5) is 25.7. The van der Waals surface area contributed by atoms with Crippen LogP contribution in [0.5, 0.6) is 5.75 Å². The van der Waals surface area contributed by atoms with Gasteiger partial charge in [-0.2, -0.15) is 5.10 Å². The summed E-state index contributed by atoms with van der Waals surface area (Å²) in [6.45, 7) is 13.3. The van der Waals surface area contributed by atoms with Crippen molar-refractivity contribution in [1.29, 1.82) is 0 Å². The minimum atomic E-state index is -0.565. The summed E-state index contributed by atoms with van der Waals surface area (Å²) in [5.41, 5.74) is 4.48. The Hall–Kier alpha value is -3.59. The Morgan fingerprint density at radius 1 is 1.30 bits per heavy atom. The van der Waals surface area contributed by atoms with Gasteiger partial charge >= 0.3 is 6.09 Å². The predicted octanol–water partition coefficient (Wildman–Crippen LogP) is 5.21. The molecule has 1 amide bonds. The number of aryl methyl sites for hydroxylation is 1. The predicted molar refractivity (Wildman–Crippen MR) is 147 cm³/mol. The molecule has 2 aliphatic rings. The second kappa shape index (κ2) is 9.37. The molecule has 1 atom stereocenters. The van der Waals surface area contributed by atoms with Crippen molar-refractivity contribution in [3.05, 3.63) is 40.5 Å². The Balaban J connectivity index is 1.58. The van der Waals surface area contributed by atoms with E-state index in [0.717, 1.165) is 33.4 Å². The largest absolute Gasteiger partial charge is 0.489 e. The number of amidine groups is 1. The molecule has 0 unspecified atom stereocenters. The molecular weight excluding hydrogens is 492 g/mol. The molecule has 1 N–H and O–H groups in total. The van der Waals surface area contributed by atoms with Gasteiger partial charge in [0.05, 0.1) is 34.0 Å². The number of carbonyl (C=O) groups is 1. The zero-order chi connectivity index (χ0) is 26.5. The number of nitrogens with zero attached hydrogens (tertiary/aromatic N) is 5. The van der Waals surface area contributed by atoms with Crippen LogP contribution in [0.4, 0.5) is 10.5 Å². The summed E-state index contributed by atoms with van der Waals surface area (Å²) in [5.74, 6) is 1.23. The van der Waals surface area contributed by atoms with Gasteiger partial charge in [0.25, 0.3) is 0 Å². The van der Waals surface area contributed by atoms with Gasteiger partial charge in [0.2, 0.25) is 0 Å². The van der Waals surface area contributed by atoms with E-state index in [1.807, 2.05) is 45.9 Å². The molecule has 10 heteroatoms. The summed E-state index contributed by atoms with van der Waals surface area (Å²) in [6, 6.07) is 5.83. The minimum absolute atomic E-state index is 0.136. The first-order valence-electron chi connectivity index (χ1n) is 12.2. The number of ether oxygens (including phenoxy) is 2. The van der Waals surface area contributed by atoms with Gasteiger partial charge < -0.3 is 19.3 Å². The Morgan fingerprint density at radius 3 is 2.78 bits per heavy atom. The first kappa shape index (κ1) is 25.1. The molecule has 0 aliphatic carbocycles. The average molecular weight is 523 g/mol. The Morgan fingerprint density at radius 2 is 2.08 bits per heavy atom. The lowest BCUT2D eigenvalue weighted by Crippen LogP contribution is -2.58. The van der Waals surface area contributed by atoms with E-state index in [0.29, 0.717) is 48.3 Å². The number of aliphatic imine (C=N–C) groups is 2. The van der Waals surface area contributed by atoms with Crippen molar-refractivity contribution in [3.8, 4) is 16.9 Å². The lowest BCUT2D eigenvalue weighted by Gasteiger charge is -2.41. The number of aromatic nitrogens is 2. The van der Waals surface area contributed by atoms with Gasteiger partial charge in [-0.1, -0.05) is 17.7 Å². The maximum atomic E-state index is 12.8. The van der Waals surface area contributed by atoms with Gasteiger partial charge in [0.1, 0.15) is 18.0 Å². The second-order valence-electron chi connectivity index (χ2n) is 10.3. The van der Waals surface area contributed by atoms with Crippen LogP contribution in [-0.4, -0.2) is 83.6 Å². The third kappa shape index (κ3) is 4.41. The van der Waals surface area contributed by atoms with Crippen LogP contribution in [0.3, 0.4) is 0 Å². The number of benzene rings is 2. The van der Waals surface area contributed by atoms with Crippen LogP contribution in [0.2, 0.25) is 5.02 Å². The van der Waals surface area contributed by atoms with E-state index in [9.17, 15) is 4.79 Å². The molecule has 2 aromatic carbocycles. The highest BCUT2D eigenvalue weighted by atomic mass is 35.5. The number of H-pyrrole nitrogens is 1. The van der Waals surface area contributed by atoms with Crippen molar-refractivity contribution >= 4 is 46.8 Å². The summed E-state index contributed by atoms with van der Waals surface area (Å²) in [5, 5.41) is 8.68. The molecule has 9 nitrogen and oxygen atoms in total. The quantitative estimate of drug-likeness (QED) is 0.466. The van der Waals surface area contributed by atoms with Crippen LogP contribution < -0.4 is 4.74 Å². The number of fused-ring (bicyclic) bond motifs is 3. The summed E-state index contributed by atoms with van der Waals surface area (Å²) in [7, 11) is 1.74. The van der Waals surface area contributed by atoms with E-state index < -0.39 is 5.60 Å². The molecule has 0 saturated carbocycles. The van der Waals surface area contributed by atoms with Gasteiger partial charge in [-0.05, 0) is 57.7 Å². The number of hydrogen-bond donors (Lipinski definition) is 1. The number of aromatic amines is 1. The molecular formula is C27H31ClN6O3. The first-order valence-corrected chi connectivity index (χ1v) is 12.6. The number of rotatable bonds is 2. The molecule has 5 rings (SSSR count). The SMILES string of the molecule is C=Nc1cc(-c2c(C)ccc3[nH]ncc23)c(Cl)c2c1/C(=N\C)N1CCN(C(=O)OC(C)(C)C)C[C@@H]1CO2. The van der Waals surface area contributed by atoms with Crippen LogP contribution in [0.25, 0.3) is 22.0 Å². The number of piperazine rings is 1. The smallest absolute Gasteiger partial charge is 0.410 e. The highest BCUT2D eigenvalue weighted by molar-refractivity contribution is 6.36. The van der Waals surface area contributed by atoms with Gasteiger partial charge in [0.15, 0.2) is 5.75 Å². The number of halogens is 1. The van der Waals surface area contributed by atoms with Crippen LogP contribution in [-0.2, 0) is 4.74 Å². The molecule has 0 bridgehead atoms. The molecule has 0 radical (unpaired) electrons. The number of amides is 1. The third-order valence-electron chi connectivity index (χ3n) is 6.73. The normalized spacial score (nSPS) is 18.8. The fraction of sp³-hybridized carbons (Fsp3) is 0.407. The van der Waals surface area contributed by atoms with E-state index in [-0.39, 0.29) is 12.1 Å². The number of nitrogens with one attached hydrogen (secondary N) is 1. The van der Waals surface area contributed by atoms with Crippen LogP contribution >= 0.6 is 11.6 Å². The number of hydrogen-bond acceptors (Lipinski definition) is 6. The molecule has 1 fully saturated rings. The lowest BCUT2D eigenvalue weighted by molar-refractivity contribution is 0.00910. The van der Waals surface area contributed by atoms with Crippen molar-refractivity contribution in [3.63, 3.8) is 0 Å². The van der Waals surface area contributed by atoms with Crippen molar-refractivity contribution in [2.45, 2.75) is 39.3 Å². The van der Waals surface area contributed by atoms with E-state index in [1.165, 1.54) is 0 Å². The van der Waals surface area contributed by atoms with E-state index in [4.69, 9.17) is 21.1 Å². The first-order chi connectivity index (χ1) is 17.6. The highest BCUT2D eigenvalue weighted by Gasteiger charge is 2.39. The van der Waals surface area contributed by atoms with E-state index >= 15 is 0 Å². The third-order valence-corrected chi connectivity index (χ3v) is 7.11. The fourth-order valence-electron chi connectivity index (χ4n) is 5.10.